The van der Waals surface area contributed by atoms with Gasteiger partial charge in [0.25, 0.3) is 0 Å². The molecule has 3 heterocycles. The van der Waals surface area contributed by atoms with Crippen molar-refractivity contribution in [1.82, 2.24) is 19.9 Å². The van der Waals surface area contributed by atoms with Crippen molar-refractivity contribution in [3.63, 3.8) is 0 Å². The van der Waals surface area contributed by atoms with Gasteiger partial charge >= 0.3 is 5.97 Å². The number of carbonyl (C=O) groups excluding carboxylic acids is 2. The zero-order valence-corrected chi connectivity index (χ0v) is 19.1. The lowest BCUT2D eigenvalue weighted by Crippen LogP contribution is -2.47. The van der Waals surface area contributed by atoms with Crippen molar-refractivity contribution in [2.45, 2.75) is 39.2 Å². The van der Waals surface area contributed by atoms with Crippen LogP contribution in [0.4, 0.5) is 0 Å². The number of ether oxygens (including phenoxy) is 1. The quantitative estimate of drug-likeness (QED) is 0.610. The Kier molecular flexibility index (Phi) is 7.42. The van der Waals surface area contributed by atoms with Gasteiger partial charge in [0.05, 0.1) is 25.0 Å². The molecular formula is C23H29ClN4O4. The van der Waals surface area contributed by atoms with E-state index in [1.165, 1.54) is 0 Å². The van der Waals surface area contributed by atoms with Crippen molar-refractivity contribution in [3.8, 4) is 11.4 Å². The summed E-state index contributed by atoms with van der Waals surface area (Å²) < 4.78 is 10.6. The van der Waals surface area contributed by atoms with E-state index in [0.717, 1.165) is 24.9 Å². The first-order valence-corrected chi connectivity index (χ1v) is 11.7. The molecule has 0 N–H and O–H groups in total. The molecule has 9 heteroatoms. The van der Waals surface area contributed by atoms with Gasteiger partial charge in [-0.15, -0.1) is 0 Å². The molecule has 0 saturated carbocycles. The van der Waals surface area contributed by atoms with E-state index in [-0.39, 0.29) is 23.7 Å². The highest BCUT2D eigenvalue weighted by atomic mass is 35.5. The number of hydrogen-bond acceptors (Lipinski definition) is 7. The van der Waals surface area contributed by atoms with Gasteiger partial charge in [-0.3, -0.25) is 14.5 Å². The van der Waals surface area contributed by atoms with Crippen LogP contribution in [0.2, 0.25) is 5.02 Å². The van der Waals surface area contributed by atoms with Crippen LogP contribution in [0, 0.1) is 11.8 Å². The standard InChI is InChI=1S/C23H29ClN4O4/c1-2-31-23(30)17-9-12-28(13-10-17)22(29)18-4-3-11-27(14-18)15-20-25-21(26-32-20)16-5-7-19(24)8-6-16/h5-8,17-18H,2-4,9-15H2,1H3. The van der Waals surface area contributed by atoms with Gasteiger partial charge in [-0.2, -0.15) is 4.98 Å². The monoisotopic (exact) mass is 460 g/mol. The maximum absolute atomic E-state index is 13.1. The largest absolute Gasteiger partial charge is 0.466 e. The second-order valence-corrected chi connectivity index (χ2v) is 8.88. The molecule has 2 saturated heterocycles. The molecule has 0 bridgehead atoms. The number of likely N-dealkylation sites (tertiary alicyclic amines) is 2. The van der Waals surface area contributed by atoms with E-state index in [1.807, 2.05) is 24.0 Å². The highest BCUT2D eigenvalue weighted by molar-refractivity contribution is 6.30. The Labute approximate surface area is 192 Å². The minimum absolute atomic E-state index is 0.0402. The summed E-state index contributed by atoms with van der Waals surface area (Å²) in [6, 6.07) is 7.31. The van der Waals surface area contributed by atoms with Crippen molar-refractivity contribution in [2.75, 3.05) is 32.8 Å². The van der Waals surface area contributed by atoms with E-state index >= 15 is 0 Å². The van der Waals surface area contributed by atoms with Crippen molar-refractivity contribution < 1.29 is 18.8 Å². The van der Waals surface area contributed by atoms with Crippen LogP contribution < -0.4 is 0 Å². The van der Waals surface area contributed by atoms with Crippen molar-refractivity contribution in [3.05, 3.63) is 35.2 Å². The number of nitrogens with zero attached hydrogens (tertiary/aromatic N) is 4. The van der Waals surface area contributed by atoms with E-state index < -0.39 is 0 Å². The fourth-order valence-corrected chi connectivity index (χ4v) is 4.61. The second-order valence-electron chi connectivity index (χ2n) is 8.44. The number of piperidine rings is 2. The fraction of sp³-hybridized carbons (Fsp3) is 0.565. The summed E-state index contributed by atoms with van der Waals surface area (Å²) in [5.41, 5.74) is 0.849. The number of carbonyl (C=O) groups is 2. The zero-order chi connectivity index (χ0) is 22.5. The minimum Gasteiger partial charge on any atom is -0.466 e. The highest BCUT2D eigenvalue weighted by Crippen LogP contribution is 2.25. The predicted molar refractivity (Wildman–Crippen MR) is 119 cm³/mol. The average Bonchev–Trinajstić information content (AvgIpc) is 3.28. The topological polar surface area (TPSA) is 88.8 Å². The third-order valence-corrected chi connectivity index (χ3v) is 6.46. The summed E-state index contributed by atoms with van der Waals surface area (Å²) in [7, 11) is 0. The molecule has 32 heavy (non-hydrogen) atoms. The van der Waals surface area contributed by atoms with Crippen molar-refractivity contribution in [1.29, 1.82) is 0 Å². The van der Waals surface area contributed by atoms with Crippen LogP contribution in [-0.4, -0.2) is 64.6 Å². The zero-order valence-electron chi connectivity index (χ0n) is 18.3. The van der Waals surface area contributed by atoms with Crippen LogP contribution in [0.3, 0.4) is 0 Å². The molecule has 2 aliphatic rings. The number of aromatic nitrogens is 2. The molecule has 0 radical (unpaired) electrons. The molecular weight excluding hydrogens is 432 g/mol. The third kappa shape index (κ3) is 5.48. The lowest BCUT2D eigenvalue weighted by molar-refractivity contribution is -0.152. The first-order chi connectivity index (χ1) is 15.5. The van der Waals surface area contributed by atoms with Gasteiger partial charge in [0.1, 0.15) is 0 Å². The van der Waals surface area contributed by atoms with Crippen LogP contribution in [0.25, 0.3) is 11.4 Å². The van der Waals surface area contributed by atoms with Gasteiger partial charge in [0.15, 0.2) is 0 Å². The first-order valence-electron chi connectivity index (χ1n) is 11.3. The number of esters is 1. The summed E-state index contributed by atoms with van der Waals surface area (Å²) in [5.74, 6) is 0.991. The third-order valence-electron chi connectivity index (χ3n) is 6.21. The fourth-order valence-electron chi connectivity index (χ4n) is 4.48. The molecule has 1 atom stereocenters. The van der Waals surface area contributed by atoms with Gasteiger partial charge in [-0.05, 0) is 63.4 Å². The summed E-state index contributed by atoms with van der Waals surface area (Å²) in [6.45, 7) is 5.55. The smallest absolute Gasteiger partial charge is 0.309 e. The number of halogens is 1. The Hall–Kier alpha value is -2.45. The Morgan fingerprint density at radius 3 is 2.59 bits per heavy atom. The number of benzene rings is 1. The SMILES string of the molecule is CCOC(=O)C1CCN(C(=O)C2CCCN(Cc3nc(-c4ccc(Cl)cc4)no3)C2)CC1. The summed E-state index contributed by atoms with van der Waals surface area (Å²) in [4.78, 5) is 33.7. The first kappa shape index (κ1) is 22.7. The van der Waals surface area contributed by atoms with Gasteiger partial charge in [0.2, 0.25) is 17.6 Å². The Morgan fingerprint density at radius 2 is 1.88 bits per heavy atom. The van der Waals surface area contributed by atoms with Gasteiger partial charge < -0.3 is 14.2 Å². The van der Waals surface area contributed by atoms with E-state index in [0.29, 0.717) is 62.4 Å². The molecule has 1 aromatic heterocycles. The molecule has 0 spiro atoms. The van der Waals surface area contributed by atoms with E-state index in [9.17, 15) is 9.59 Å². The summed E-state index contributed by atoms with van der Waals surface area (Å²) in [5, 5.41) is 4.73. The van der Waals surface area contributed by atoms with Crippen LogP contribution in [-0.2, 0) is 20.9 Å². The number of hydrogen-bond donors (Lipinski definition) is 0. The summed E-state index contributed by atoms with van der Waals surface area (Å²) in [6.07, 6.45) is 3.19. The van der Waals surface area contributed by atoms with Gasteiger partial charge in [-0.25, -0.2) is 0 Å². The molecule has 1 aromatic carbocycles. The molecule has 0 aliphatic carbocycles. The van der Waals surface area contributed by atoms with Crippen LogP contribution in [0.5, 0.6) is 0 Å². The minimum atomic E-state index is -0.138. The average molecular weight is 461 g/mol. The van der Waals surface area contributed by atoms with Crippen molar-refractivity contribution >= 4 is 23.5 Å². The molecule has 1 amide bonds. The predicted octanol–water partition coefficient (Wildman–Crippen LogP) is 3.40. The van der Waals surface area contributed by atoms with Crippen molar-refractivity contribution in [2.24, 2.45) is 11.8 Å². The Bertz CT molecular complexity index is 924. The molecule has 172 valence electrons. The van der Waals surface area contributed by atoms with Gasteiger partial charge in [-0.1, -0.05) is 16.8 Å². The molecule has 1 unspecified atom stereocenters. The van der Waals surface area contributed by atoms with Crippen LogP contribution in [0.15, 0.2) is 28.8 Å². The van der Waals surface area contributed by atoms with E-state index in [4.69, 9.17) is 20.9 Å². The molecule has 2 aliphatic heterocycles. The maximum atomic E-state index is 13.1. The van der Waals surface area contributed by atoms with E-state index in [1.54, 1.807) is 12.1 Å². The number of amides is 1. The Morgan fingerprint density at radius 1 is 1.12 bits per heavy atom. The highest BCUT2D eigenvalue weighted by Gasteiger charge is 2.33. The number of rotatable bonds is 6. The summed E-state index contributed by atoms with van der Waals surface area (Å²) >= 11 is 5.94. The van der Waals surface area contributed by atoms with Crippen LogP contribution in [0.1, 0.15) is 38.5 Å². The molecule has 2 fully saturated rings. The van der Waals surface area contributed by atoms with Gasteiger partial charge in [0, 0.05) is 30.2 Å². The lowest BCUT2D eigenvalue weighted by atomic mass is 9.93. The maximum Gasteiger partial charge on any atom is 0.309 e. The second kappa shape index (κ2) is 10.4. The van der Waals surface area contributed by atoms with Crippen LogP contribution >= 0.6 is 11.6 Å². The molecule has 4 rings (SSSR count). The normalized spacial score (nSPS) is 20.3. The lowest BCUT2D eigenvalue weighted by Gasteiger charge is -2.37. The molecule has 2 aromatic rings. The molecule has 8 nitrogen and oxygen atoms in total. The Balaban J connectivity index is 1.30. The van der Waals surface area contributed by atoms with E-state index in [2.05, 4.69) is 15.0 Å².